The molecule has 0 aliphatic carbocycles. The molecule has 2 heterocycles. The smallest absolute Gasteiger partial charge is 0.163 e. The molecule has 0 fully saturated rings. The van der Waals surface area contributed by atoms with Crippen molar-refractivity contribution in [1.82, 2.24) is 9.97 Å². The summed E-state index contributed by atoms with van der Waals surface area (Å²) >= 11 is 6.51. The molecule has 3 aromatic carbocycles. The Morgan fingerprint density at radius 2 is 1.98 bits per heavy atom. The van der Waals surface area contributed by atoms with Gasteiger partial charge in [-0.05, 0) is 48.0 Å². The molecule has 1 N–H and O–H groups in total. The van der Waals surface area contributed by atoms with Gasteiger partial charge in [-0.2, -0.15) is 0 Å². The number of anilines is 2. The molecule has 1 aliphatic heterocycles. The average molecular weight is 614 g/mol. The molecule has 220 valence electrons. The van der Waals surface area contributed by atoms with E-state index in [1.807, 2.05) is 12.1 Å². The molecule has 12 heteroatoms. The predicted octanol–water partition coefficient (Wildman–Crippen LogP) is 5.94. The molecular weight excluding hydrogens is 585 g/mol. The van der Waals surface area contributed by atoms with Gasteiger partial charge in [0.05, 0.1) is 42.9 Å². The summed E-state index contributed by atoms with van der Waals surface area (Å²) in [5.41, 5.74) is 1.76. The van der Waals surface area contributed by atoms with Crippen LogP contribution in [-0.2, 0) is 31.5 Å². The largest absolute Gasteiger partial charge is 0.496 e. The van der Waals surface area contributed by atoms with E-state index in [9.17, 15) is 12.8 Å². The van der Waals surface area contributed by atoms with Gasteiger partial charge in [-0.25, -0.2) is 22.8 Å². The number of fused-ring (bicyclic) bond motifs is 1. The number of sulfone groups is 1. The van der Waals surface area contributed by atoms with Crippen molar-refractivity contribution in [2.24, 2.45) is 0 Å². The maximum absolute atomic E-state index is 13.5. The lowest BCUT2D eigenvalue weighted by Crippen LogP contribution is -2.32. The Morgan fingerprint density at radius 3 is 2.69 bits per heavy atom. The van der Waals surface area contributed by atoms with Gasteiger partial charge < -0.3 is 24.3 Å². The number of hydrogen-bond acceptors (Lipinski definition) is 9. The van der Waals surface area contributed by atoms with Crippen molar-refractivity contribution in [3.8, 4) is 11.5 Å². The highest BCUT2D eigenvalue weighted by Crippen LogP contribution is 2.43. The summed E-state index contributed by atoms with van der Waals surface area (Å²) in [4.78, 5) is 8.88. The summed E-state index contributed by atoms with van der Waals surface area (Å²) in [5, 5.41) is 4.36. The topological polar surface area (TPSA) is 109 Å². The van der Waals surface area contributed by atoms with Crippen molar-refractivity contribution < 1.29 is 31.8 Å². The van der Waals surface area contributed by atoms with Crippen molar-refractivity contribution in [1.29, 1.82) is 0 Å². The van der Waals surface area contributed by atoms with Crippen LogP contribution in [0.25, 0.3) is 10.9 Å². The number of nitrogens with one attached hydrogen (secondary N) is 1. The van der Waals surface area contributed by atoms with Crippen LogP contribution in [0.3, 0.4) is 0 Å². The standard InChI is InChI=1S/C30H29ClFN3O6S/c1-38-28-16-26-23(15-24(28)30(9-4-10-41-30)18-39-11-12-42(2,36)37)29(34-19-33-26)35-22-7-8-27(25(31)14-22)40-17-20-5-3-6-21(32)13-20/h3-8,10,13-16,19H,9,11-12,17-18H2,1-2H3,(H,33,34,35). The highest BCUT2D eigenvalue weighted by Gasteiger charge is 2.39. The van der Waals surface area contributed by atoms with Gasteiger partial charge in [-0.15, -0.1) is 0 Å². The molecular formula is C30H29ClFN3O6S. The zero-order chi connectivity index (χ0) is 29.7. The first kappa shape index (κ1) is 29.6. The maximum atomic E-state index is 13.5. The van der Waals surface area contributed by atoms with E-state index in [4.69, 9.17) is 30.5 Å². The molecule has 0 saturated carbocycles. The molecule has 0 saturated heterocycles. The fourth-order valence-electron chi connectivity index (χ4n) is 4.59. The minimum absolute atomic E-state index is 0.0401. The first-order valence-electron chi connectivity index (χ1n) is 13.0. The van der Waals surface area contributed by atoms with Crippen molar-refractivity contribution in [3.05, 3.63) is 95.2 Å². The van der Waals surface area contributed by atoms with E-state index in [2.05, 4.69) is 15.3 Å². The molecule has 5 rings (SSSR count). The molecule has 0 amide bonds. The first-order chi connectivity index (χ1) is 20.2. The highest BCUT2D eigenvalue weighted by atomic mass is 35.5. The molecule has 1 aromatic heterocycles. The van der Waals surface area contributed by atoms with Crippen LogP contribution in [0.2, 0.25) is 5.02 Å². The van der Waals surface area contributed by atoms with E-state index in [1.54, 1.807) is 49.8 Å². The number of aromatic nitrogens is 2. The van der Waals surface area contributed by atoms with Crippen LogP contribution >= 0.6 is 11.6 Å². The van der Waals surface area contributed by atoms with E-state index < -0.39 is 15.4 Å². The number of rotatable bonds is 12. The van der Waals surface area contributed by atoms with Crippen LogP contribution in [0.1, 0.15) is 17.5 Å². The van der Waals surface area contributed by atoms with Crippen molar-refractivity contribution >= 4 is 43.8 Å². The lowest BCUT2D eigenvalue weighted by Gasteiger charge is -2.30. The van der Waals surface area contributed by atoms with Crippen molar-refractivity contribution in [2.75, 3.05) is 37.6 Å². The van der Waals surface area contributed by atoms with Gasteiger partial charge in [0.25, 0.3) is 0 Å². The summed E-state index contributed by atoms with van der Waals surface area (Å²) in [6.07, 6.45) is 6.59. The van der Waals surface area contributed by atoms with Gasteiger partial charge in [0.2, 0.25) is 0 Å². The fourth-order valence-corrected chi connectivity index (χ4v) is 5.24. The van der Waals surface area contributed by atoms with E-state index in [1.165, 1.54) is 24.7 Å². The first-order valence-corrected chi connectivity index (χ1v) is 15.4. The summed E-state index contributed by atoms with van der Waals surface area (Å²) in [6, 6.07) is 15.1. The van der Waals surface area contributed by atoms with Crippen LogP contribution in [0.4, 0.5) is 15.9 Å². The normalized spacial score (nSPS) is 16.4. The minimum Gasteiger partial charge on any atom is -0.496 e. The van der Waals surface area contributed by atoms with E-state index in [0.717, 1.165) is 0 Å². The average Bonchev–Trinajstić information content (AvgIpc) is 3.44. The number of hydrogen-bond donors (Lipinski definition) is 1. The molecule has 4 aromatic rings. The van der Waals surface area contributed by atoms with Crippen LogP contribution in [-0.4, -0.2) is 50.7 Å². The summed E-state index contributed by atoms with van der Waals surface area (Å²) in [6.45, 7) is 0.320. The molecule has 0 bridgehead atoms. The Labute approximate surface area is 248 Å². The molecule has 1 aliphatic rings. The lowest BCUT2D eigenvalue weighted by atomic mass is 9.90. The summed E-state index contributed by atoms with van der Waals surface area (Å²) in [7, 11) is -1.61. The van der Waals surface area contributed by atoms with E-state index >= 15 is 0 Å². The zero-order valence-electron chi connectivity index (χ0n) is 23.0. The highest BCUT2D eigenvalue weighted by molar-refractivity contribution is 7.90. The van der Waals surface area contributed by atoms with Gasteiger partial charge in [-0.1, -0.05) is 23.7 Å². The Hall–Kier alpha value is -3.93. The van der Waals surface area contributed by atoms with Gasteiger partial charge in [-0.3, -0.25) is 0 Å². The van der Waals surface area contributed by atoms with Gasteiger partial charge in [0.15, 0.2) is 5.60 Å². The SMILES string of the molecule is COc1cc2ncnc(Nc3ccc(OCc4cccc(F)c4)c(Cl)c3)c2cc1C1(COCCS(C)(=O)=O)CC=CO1. The molecule has 1 atom stereocenters. The molecule has 0 spiro atoms. The van der Waals surface area contributed by atoms with E-state index in [0.29, 0.717) is 56.5 Å². The maximum Gasteiger partial charge on any atom is 0.163 e. The minimum atomic E-state index is -3.17. The lowest BCUT2D eigenvalue weighted by molar-refractivity contribution is -0.0430. The van der Waals surface area contributed by atoms with E-state index in [-0.39, 0.29) is 31.4 Å². The van der Waals surface area contributed by atoms with Gasteiger partial charge >= 0.3 is 0 Å². The second kappa shape index (κ2) is 12.5. The van der Waals surface area contributed by atoms with Crippen LogP contribution < -0.4 is 14.8 Å². The molecule has 1 unspecified atom stereocenters. The third kappa shape index (κ3) is 6.92. The van der Waals surface area contributed by atoms with Crippen LogP contribution in [0.5, 0.6) is 11.5 Å². The number of halogens is 2. The Kier molecular flexibility index (Phi) is 8.81. The van der Waals surface area contributed by atoms with Gasteiger partial charge in [0.1, 0.15) is 45.9 Å². The predicted molar refractivity (Wildman–Crippen MR) is 159 cm³/mol. The second-order valence-electron chi connectivity index (χ2n) is 9.85. The fraction of sp³-hybridized carbons (Fsp3) is 0.267. The second-order valence-corrected chi connectivity index (χ2v) is 12.5. The number of ether oxygens (including phenoxy) is 4. The third-order valence-electron chi connectivity index (χ3n) is 6.70. The van der Waals surface area contributed by atoms with Crippen molar-refractivity contribution in [3.63, 3.8) is 0 Å². The molecule has 0 radical (unpaired) electrons. The third-order valence-corrected chi connectivity index (χ3v) is 7.90. The number of benzene rings is 3. The Morgan fingerprint density at radius 1 is 1.12 bits per heavy atom. The summed E-state index contributed by atoms with van der Waals surface area (Å²) < 4.78 is 59.9. The van der Waals surface area contributed by atoms with Crippen molar-refractivity contribution in [2.45, 2.75) is 18.6 Å². The zero-order valence-corrected chi connectivity index (χ0v) is 24.5. The Balaban J connectivity index is 1.40. The van der Waals surface area contributed by atoms with Gasteiger partial charge in [0, 0.05) is 35.4 Å². The number of nitrogens with zero attached hydrogens (tertiary/aromatic N) is 2. The molecule has 42 heavy (non-hydrogen) atoms. The summed E-state index contributed by atoms with van der Waals surface area (Å²) in [5.74, 6) is 1.10. The van der Waals surface area contributed by atoms with Crippen LogP contribution in [0, 0.1) is 5.82 Å². The molecule has 9 nitrogen and oxygen atoms in total. The van der Waals surface area contributed by atoms with Crippen LogP contribution in [0.15, 0.2) is 73.3 Å². The monoisotopic (exact) mass is 613 g/mol. The number of methoxy groups -OCH3 is 1. The quantitative estimate of drug-likeness (QED) is 0.194. The Bertz CT molecular complexity index is 1730.